The van der Waals surface area contributed by atoms with Crippen LogP contribution in [-0.2, 0) is 4.79 Å². The molecule has 0 spiro atoms. The number of benzene rings is 2. The number of piperidine rings is 1. The van der Waals surface area contributed by atoms with Gasteiger partial charge in [0.05, 0.1) is 0 Å². The predicted octanol–water partition coefficient (Wildman–Crippen LogP) is 3.85. The number of nitrogens with zero attached hydrogens (tertiary/aromatic N) is 2. The van der Waals surface area contributed by atoms with Crippen LogP contribution in [0, 0.1) is 12.8 Å². The van der Waals surface area contributed by atoms with E-state index < -0.39 is 0 Å². The molecule has 1 heterocycles. The van der Waals surface area contributed by atoms with Gasteiger partial charge in [-0.1, -0.05) is 35.9 Å². The zero-order chi connectivity index (χ0) is 19.1. The first kappa shape index (κ1) is 19.3. The minimum absolute atomic E-state index is 0.151. The number of hydrogen-bond donors (Lipinski definition) is 1. The van der Waals surface area contributed by atoms with Gasteiger partial charge in [0.1, 0.15) is 0 Å². The van der Waals surface area contributed by atoms with Gasteiger partial charge in [0, 0.05) is 50.5 Å². The second-order valence-electron chi connectivity index (χ2n) is 7.50. The number of aryl methyl sites for hydroxylation is 1. The molecule has 2 aromatic rings. The van der Waals surface area contributed by atoms with Crippen molar-refractivity contribution in [3.8, 4) is 0 Å². The van der Waals surface area contributed by atoms with Crippen molar-refractivity contribution < 1.29 is 4.79 Å². The lowest BCUT2D eigenvalue weighted by Gasteiger charge is -2.33. The van der Waals surface area contributed by atoms with Crippen LogP contribution in [0.2, 0.25) is 0 Å². The Morgan fingerprint density at radius 1 is 1.07 bits per heavy atom. The van der Waals surface area contributed by atoms with Crippen LogP contribution >= 0.6 is 0 Å². The Hall–Kier alpha value is -2.49. The largest absolute Gasteiger partial charge is 0.375 e. The normalized spacial score (nSPS) is 14.8. The molecule has 0 radical (unpaired) electrons. The molecule has 0 aliphatic carbocycles. The third-order valence-electron chi connectivity index (χ3n) is 5.43. The molecule has 4 heteroatoms. The standard InChI is InChI=1S/C23H31N3O/c1-19-9-11-22(12-10-19)26-17-13-20(14-18-26)23(27)24-15-6-16-25(2)21-7-4-3-5-8-21/h3-5,7-12,20H,6,13-18H2,1-2H3,(H,24,27). The lowest BCUT2D eigenvalue weighted by atomic mass is 9.95. The second-order valence-corrected chi connectivity index (χ2v) is 7.50. The smallest absolute Gasteiger partial charge is 0.223 e. The van der Waals surface area contributed by atoms with Gasteiger partial charge in [0.2, 0.25) is 5.91 Å². The van der Waals surface area contributed by atoms with Crippen molar-refractivity contribution in [2.45, 2.75) is 26.2 Å². The fraction of sp³-hybridized carbons (Fsp3) is 0.435. The van der Waals surface area contributed by atoms with Gasteiger partial charge in [-0.25, -0.2) is 0 Å². The van der Waals surface area contributed by atoms with Gasteiger partial charge in [-0.3, -0.25) is 4.79 Å². The molecule has 1 amide bonds. The van der Waals surface area contributed by atoms with E-state index in [0.717, 1.165) is 45.4 Å². The summed E-state index contributed by atoms with van der Waals surface area (Å²) < 4.78 is 0. The van der Waals surface area contributed by atoms with Gasteiger partial charge < -0.3 is 15.1 Å². The van der Waals surface area contributed by atoms with Gasteiger partial charge in [0.25, 0.3) is 0 Å². The molecule has 1 aliphatic heterocycles. The number of rotatable bonds is 7. The van der Waals surface area contributed by atoms with Gasteiger partial charge in [0.15, 0.2) is 0 Å². The van der Waals surface area contributed by atoms with E-state index in [1.54, 1.807) is 0 Å². The fourth-order valence-electron chi connectivity index (χ4n) is 3.64. The average molecular weight is 366 g/mol. The van der Waals surface area contributed by atoms with Crippen LogP contribution in [0.25, 0.3) is 0 Å². The van der Waals surface area contributed by atoms with Crippen molar-refractivity contribution in [3.05, 3.63) is 60.2 Å². The summed E-state index contributed by atoms with van der Waals surface area (Å²) in [5, 5.41) is 3.14. The minimum atomic E-state index is 0.151. The SMILES string of the molecule is Cc1ccc(N2CCC(C(=O)NCCCN(C)c3ccccc3)CC2)cc1. The topological polar surface area (TPSA) is 35.6 Å². The number of nitrogens with one attached hydrogen (secondary N) is 1. The Morgan fingerprint density at radius 2 is 1.74 bits per heavy atom. The second kappa shape index (κ2) is 9.45. The third-order valence-corrected chi connectivity index (χ3v) is 5.43. The summed E-state index contributed by atoms with van der Waals surface area (Å²) in [4.78, 5) is 17.1. The molecule has 2 aromatic carbocycles. The molecule has 0 atom stereocenters. The Kier molecular flexibility index (Phi) is 6.74. The molecular formula is C23H31N3O. The Bertz CT molecular complexity index is 706. The fourth-order valence-corrected chi connectivity index (χ4v) is 3.64. The minimum Gasteiger partial charge on any atom is -0.375 e. The summed E-state index contributed by atoms with van der Waals surface area (Å²) in [6.45, 7) is 5.71. The van der Waals surface area contributed by atoms with Crippen molar-refractivity contribution in [2.75, 3.05) is 43.0 Å². The van der Waals surface area contributed by atoms with Crippen molar-refractivity contribution in [1.82, 2.24) is 5.32 Å². The van der Waals surface area contributed by atoms with E-state index in [2.05, 4.69) is 77.6 Å². The lowest BCUT2D eigenvalue weighted by molar-refractivity contribution is -0.125. The Morgan fingerprint density at radius 3 is 2.41 bits per heavy atom. The van der Waals surface area contributed by atoms with Gasteiger partial charge in [-0.05, 0) is 50.5 Å². The van der Waals surface area contributed by atoms with E-state index in [9.17, 15) is 4.79 Å². The monoisotopic (exact) mass is 365 g/mol. The van der Waals surface area contributed by atoms with Crippen LogP contribution in [0.15, 0.2) is 54.6 Å². The summed E-state index contributed by atoms with van der Waals surface area (Å²) in [7, 11) is 2.10. The number of carbonyl (C=O) groups excluding carboxylic acids is 1. The molecule has 0 aromatic heterocycles. The molecule has 1 saturated heterocycles. The highest BCUT2D eigenvalue weighted by atomic mass is 16.1. The highest BCUT2D eigenvalue weighted by molar-refractivity contribution is 5.79. The van der Waals surface area contributed by atoms with Crippen molar-refractivity contribution in [2.24, 2.45) is 5.92 Å². The van der Waals surface area contributed by atoms with E-state index in [4.69, 9.17) is 0 Å². The Balaban J connectivity index is 1.35. The van der Waals surface area contributed by atoms with Gasteiger partial charge in [-0.2, -0.15) is 0 Å². The zero-order valence-electron chi connectivity index (χ0n) is 16.5. The lowest BCUT2D eigenvalue weighted by Crippen LogP contribution is -2.41. The first-order chi connectivity index (χ1) is 13.1. The molecule has 0 bridgehead atoms. The molecule has 144 valence electrons. The summed E-state index contributed by atoms with van der Waals surface area (Å²) in [5.74, 6) is 0.375. The molecule has 1 fully saturated rings. The predicted molar refractivity (Wildman–Crippen MR) is 113 cm³/mol. The molecule has 3 rings (SSSR count). The molecular weight excluding hydrogens is 334 g/mol. The number of hydrogen-bond acceptors (Lipinski definition) is 3. The maximum absolute atomic E-state index is 12.5. The van der Waals surface area contributed by atoms with Crippen LogP contribution in [0.5, 0.6) is 0 Å². The van der Waals surface area contributed by atoms with E-state index in [1.165, 1.54) is 16.9 Å². The number of para-hydroxylation sites is 1. The highest BCUT2D eigenvalue weighted by Crippen LogP contribution is 2.23. The Labute approximate surface area is 163 Å². The summed E-state index contributed by atoms with van der Waals surface area (Å²) in [6.07, 6.45) is 2.83. The number of anilines is 2. The average Bonchev–Trinajstić information content (AvgIpc) is 2.72. The molecule has 0 saturated carbocycles. The van der Waals surface area contributed by atoms with Crippen LogP contribution in [-0.4, -0.2) is 39.1 Å². The molecule has 1 aliphatic rings. The number of amides is 1. The molecule has 4 nitrogen and oxygen atoms in total. The molecule has 27 heavy (non-hydrogen) atoms. The summed E-state index contributed by atoms with van der Waals surface area (Å²) >= 11 is 0. The van der Waals surface area contributed by atoms with Crippen LogP contribution < -0.4 is 15.1 Å². The molecule has 0 unspecified atom stereocenters. The first-order valence-corrected chi connectivity index (χ1v) is 9.99. The summed E-state index contributed by atoms with van der Waals surface area (Å²) in [6, 6.07) is 19.0. The van der Waals surface area contributed by atoms with Crippen molar-refractivity contribution in [3.63, 3.8) is 0 Å². The maximum atomic E-state index is 12.5. The van der Waals surface area contributed by atoms with Crippen LogP contribution in [0.1, 0.15) is 24.8 Å². The van der Waals surface area contributed by atoms with Crippen LogP contribution in [0.3, 0.4) is 0 Å². The maximum Gasteiger partial charge on any atom is 0.223 e. The van der Waals surface area contributed by atoms with E-state index in [0.29, 0.717) is 0 Å². The highest BCUT2D eigenvalue weighted by Gasteiger charge is 2.24. The van der Waals surface area contributed by atoms with Crippen molar-refractivity contribution >= 4 is 17.3 Å². The quantitative estimate of drug-likeness (QED) is 0.757. The van der Waals surface area contributed by atoms with Crippen LogP contribution in [0.4, 0.5) is 11.4 Å². The zero-order valence-corrected chi connectivity index (χ0v) is 16.5. The number of carbonyl (C=O) groups is 1. The van der Waals surface area contributed by atoms with Gasteiger partial charge >= 0.3 is 0 Å². The van der Waals surface area contributed by atoms with E-state index >= 15 is 0 Å². The molecule has 1 N–H and O–H groups in total. The van der Waals surface area contributed by atoms with Crippen molar-refractivity contribution in [1.29, 1.82) is 0 Å². The van der Waals surface area contributed by atoms with E-state index in [1.807, 2.05) is 6.07 Å². The third kappa shape index (κ3) is 5.49. The summed E-state index contributed by atoms with van der Waals surface area (Å²) in [5.41, 5.74) is 3.77. The first-order valence-electron chi connectivity index (χ1n) is 9.99. The van der Waals surface area contributed by atoms with E-state index in [-0.39, 0.29) is 11.8 Å². The van der Waals surface area contributed by atoms with Gasteiger partial charge in [-0.15, -0.1) is 0 Å².